The molecule has 0 unspecified atom stereocenters. The van der Waals surface area contributed by atoms with E-state index in [1.54, 1.807) is 24.3 Å². The zero-order valence-electron chi connectivity index (χ0n) is 19.5. The van der Waals surface area contributed by atoms with E-state index in [-0.39, 0.29) is 36.1 Å². The van der Waals surface area contributed by atoms with Crippen LogP contribution in [0.2, 0.25) is 0 Å². The van der Waals surface area contributed by atoms with Gasteiger partial charge in [-0.05, 0) is 47.5 Å². The first kappa shape index (κ1) is 23.8. The van der Waals surface area contributed by atoms with Crippen LogP contribution in [-0.4, -0.2) is 58.6 Å². The number of carbonyl (C=O) groups excluding carboxylic acids is 1. The summed E-state index contributed by atoms with van der Waals surface area (Å²) in [7, 11) is 0. The molecule has 1 saturated heterocycles. The monoisotopic (exact) mass is 489 g/mol. The van der Waals surface area contributed by atoms with Gasteiger partial charge < -0.3 is 4.42 Å². The zero-order valence-corrected chi connectivity index (χ0v) is 19.5. The molecule has 0 atom stereocenters. The lowest BCUT2D eigenvalue weighted by Crippen LogP contribution is -2.49. The number of amides is 1. The highest BCUT2D eigenvalue weighted by atomic mass is 19.1. The third-order valence-corrected chi connectivity index (χ3v) is 6.20. The first-order valence-corrected chi connectivity index (χ1v) is 11.7. The molecule has 0 saturated carbocycles. The minimum Gasteiger partial charge on any atom is -0.403 e. The van der Waals surface area contributed by atoms with E-state index in [4.69, 9.17) is 4.42 Å². The Morgan fingerprint density at radius 2 is 1.42 bits per heavy atom. The summed E-state index contributed by atoms with van der Waals surface area (Å²) in [6.45, 7) is 2.88. The van der Waals surface area contributed by atoms with Gasteiger partial charge in [0.05, 0.1) is 12.6 Å². The van der Waals surface area contributed by atoms with Crippen LogP contribution in [0.25, 0.3) is 11.5 Å². The molecule has 3 aromatic carbocycles. The predicted octanol–water partition coefficient (Wildman–Crippen LogP) is 4.36. The second-order valence-corrected chi connectivity index (χ2v) is 8.64. The lowest BCUT2D eigenvalue weighted by molar-refractivity contribution is -0.117. The average molecular weight is 490 g/mol. The normalized spacial score (nSPS) is 14.8. The second kappa shape index (κ2) is 10.8. The van der Waals surface area contributed by atoms with Crippen molar-refractivity contribution in [3.05, 3.63) is 102 Å². The van der Waals surface area contributed by atoms with Crippen molar-refractivity contribution in [2.75, 3.05) is 38.0 Å². The molecule has 36 heavy (non-hydrogen) atoms. The molecule has 9 heteroatoms. The number of rotatable bonds is 7. The maximum atomic E-state index is 13.5. The molecule has 1 N–H and O–H groups in total. The van der Waals surface area contributed by atoms with Gasteiger partial charge in [-0.2, -0.15) is 0 Å². The van der Waals surface area contributed by atoms with Crippen LogP contribution in [-0.2, 0) is 4.79 Å². The molecule has 1 aliphatic heterocycles. The summed E-state index contributed by atoms with van der Waals surface area (Å²) in [4.78, 5) is 16.9. The van der Waals surface area contributed by atoms with E-state index in [1.807, 2.05) is 35.2 Å². The molecule has 0 aliphatic carbocycles. The maximum absolute atomic E-state index is 13.5. The van der Waals surface area contributed by atoms with Crippen LogP contribution in [0.5, 0.6) is 0 Å². The minimum atomic E-state index is -0.301. The number of nitrogens with zero attached hydrogens (tertiary/aromatic N) is 4. The summed E-state index contributed by atoms with van der Waals surface area (Å²) in [5, 5.41) is 10.6. The quantitative estimate of drug-likeness (QED) is 0.416. The van der Waals surface area contributed by atoms with Crippen molar-refractivity contribution in [3.63, 3.8) is 0 Å². The standard InChI is InChI=1S/C27H25F2N5O2/c28-22-10-6-19(7-11-22)25(20-8-12-23(29)13-9-20)34-16-14-33(15-17-34)18-24(35)30-27-32-31-26(36-27)21-4-2-1-3-5-21/h1-13,25H,14-18H2,(H,30,32,35). The lowest BCUT2D eigenvalue weighted by Gasteiger charge is -2.39. The number of hydrogen-bond acceptors (Lipinski definition) is 6. The average Bonchev–Trinajstić information content (AvgIpc) is 3.36. The summed E-state index contributed by atoms with van der Waals surface area (Å²) in [6, 6.07) is 22.0. The Labute approximate surface area is 207 Å². The molecule has 7 nitrogen and oxygen atoms in total. The first-order valence-electron chi connectivity index (χ1n) is 11.7. The van der Waals surface area contributed by atoms with Crippen molar-refractivity contribution >= 4 is 11.9 Å². The van der Waals surface area contributed by atoms with Gasteiger partial charge in [0, 0.05) is 31.7 Å². The number of aromatic nitrogens is 2. The maximum Gasteiger partial charge on any atom is 0.322 e. The van der Waals surface area contributed by atoms with E-state index in [0.29, 0.717) is 32.1 Å². The van der Waals surface area contributed by atoms with E-state index < -0.39 is 0 Å². The van der Waals surface area contributed by atoms with Crippen LogP contribution in [0, 0.1) is 11.6 Å². The summed E-state index contributed by atoms with van der Waals surface area (Å²) in [6.07, 6.45) is 0. The van der Waals surface area contributed by atoms with Gasteiger partial charge in [0.25, 0.3) is 0 Å². The Morgan fingerprint density at radius 1 is 0.833 bits per heavy atom. The van der Waals surface area contributed by atoms with Crippen LogP contribution in [0.15, 0.2) is 83.3 Å². The van der Waals surface area contributed by atoms with E-state index in [2.05, 4.69) is 20.4 Å². The van der Waals surface area contributed by atoms with Gasteiger partial charge in [0.15, 0.2) is 0 Å². The fraction of sp³-hybridized carbons (Fsp3) is 0.222. The molecule has 0 spiro atoms. The minimum absolute atomic E-state index is 0.0603. The number of anilines is 1. The van der Waals surface area contributed by atoms with Gasteiger partial charge in [-0.15, -0.1) is 5.10 Å². The third kappa shape index (κ3) is 5.64. The highest BCUT2D eigenvalue weighted by Gasteiger charge is 2.27. The van der Waals surface area contributed by atoms with Gasteiger partial charge in [0.2, 0.25) is 11.8 Å². The number of benzene rings is 3. The number of halogens is 2. The van der Waals surface area contributed by atoms with Gasteiger partial charge in [-0.3, -0.25) is 19.9 Å². The van der Waals surface area contributed by atoms with Crippen LogP contribution in [0.1, 0.15) is 17.2 Å². The van der Waals surface area contributed by atoms with Crippen molar-refractivity contribution in [3.8, 4) is 11.5 Å². The number of piperazine rings is 1. The van der Waals surface area contributed by atoms with Crippen LogP contribution < -0.4 is 5.32 Å². The SMILES string of the molecule is O=C(CN1CCN(C(c2ccc(F)cc2)c2ccc(F)cc2)CC1)Nc1nnc(-c2ccccc2)o1. The Morgan fingerprint density at radius 3 is 2.00 bits per heavy atom. The predicted molar refractivity (Wildman–Crippen MR) is 131 cm³/mol. The fourth-order valence-electron chi connectivity index (χ4n) is 4.42. The third-order valence-electron chi connectivity index (χ3n) is 6.20. The Kier molecular flexibility index (Phi) is 7.11. The van der Waals surface area contributed by atoms with Crippen molar-refractivity contribution in [1.82, 2.24) is 20.0 Å². The van der Waals surface area contributed by atoms with Crippen LogP contribution >= 0.6 is 0 Å². The smallest absolute Gasteiger partial charge is 0.322 e. The Hall–Kier alpha value is -3.95. The van der Waals surface area contributed by atoms with Crippen molar-refractivity contribution in [2.45, 2.75) is 6.04 Å². The van der Waals surface area contributed by atoms with Gasteiger partial charge in [-0.25, -0.2) is 8.78 Å². The Balaban J connectivity index is 1.20. The largest absolute Gasteiger partial charge is 0.403 e. The number of carbonyl (C=O) groups is 1. The van der Waals surface area contributed by atoms with Gasteiger partial charge in [-0.1, -0.05) is 47.6 Å². The molecule has 1 aromatic heterocycles. The molecule has 4 aromatic rings. The molecule has 1 aliphatic rings. The summed E-state index contributed by atoms with van der Waals surface area (Å²) >= 11 is 0. The summed E-state index contributed by atoms with van der Waals surface area (Å²) in [5.41, 5.74) is 2.64. The highest BCUT2D eigenvalue weighted by molar-refractivity contribution is 5.90. The molecular formula is C27H25F2N5O2. The van der Waals surface area contributed by atoms with E-state index in [9.17, 15) is 13.6 Å². The molecule has 1 amide bonds. The molecule has 5 rings (SSSR count). The molecule has 184 valence electrons. The van der Waals surface area contributed by atoms with Crippen molar-refractivity contribution < 1.29 is 18.0 Å². The topological polar surface area (TPSA) is 74.5 Å². The van der Waals surface area contributed by atoms with Gasteiger partial charge >= 0.3 is 6.01 Å². The van der Waals surface area contributed by atoms with Crippen LogP contribution in [0.4, 0.5) is 14.8 Å². The van der Waals surface area contributed by atoms with Crippen molar-refractivity contribution in [1.29, 1.82) is 0 Å². The van der Waals surface area contributed by atoms with E-state index in [1.165, 1.54) is 24.3 Å². The van der Waals surface area contributed by atoms with E-state index >= 15 is 0 Å². The molecule has 0 bridgehead atoms. The first-order chi connectivity index (χ1) is 17.5. The number of hydrogen-bond donors (Lipinski definition) is 1. The fourth-order valence-corrected chi connectivity index (χ4v) is 4.42. The number of nitrogens with one attached hydrogen (secondary N) is 1. The molecule has 0 radical (unpaired) electrons. The summed E-state index contributed by atoms with van der Waals surface area (Å²) in [5.74, 6) is -0.498. The molecule has 1 fully saturated rings. The Bertz CT molecular complexity index is 1240. The molecular weight excluding hydrogens is 464 g/mol. The zero-order chi connectivity index (χ0) is 24.9. The molecule has 2 heterocycles. The van der Waals surface area contributed by atoms with E-state index in [0.717, 1.165) is 16.7 Å². The van der Waals surface area contributed by atoms with Crippen LogP contribution in [0.3, 0.4) is 0 Å². The highest BCUT2D eigenvalue weighted by Crippen LogP contribution is 2.30. The second-order valence-electron chi connectivity index (χ2n) is 8.64. The van der Waals surface area contributed by atoms with Gasteiger partial charge in [0.1, 0.15) is 11.6 Å². The summed E-state index contributed by atoms with van der Waals surface area (Å²) < 4.78 is 32.6. The lowest BCUT2D eigenvalue weighted by atomic mass is 9.96. The van der Waals surface area contributed by atoms with Crippen molar-refractivity contribution in [2.24, 2.45) is 0 Å².